The van der Waals surface area contributed by atoms with Crippen molar-refractivity contribution in [3.63, 3.8) is 0 Å². The van der Waals surface area contributed by atoms with Gasteiger partial charge in [0.15, 0.2) is 17.3 Å². The molecule has 1 N–H and O–H groups in total. The van der Waals surface area contributed by atoms with Gasteiger partial charge in [-0.15, -0.1) is 0 Å². The lowest BCUT2D eigenvalue weighted by atomic mass is 9.95. The van der Waals surface area contributed by atoms with Crippen LogP contribution in [0.1, 0.15) is 65.8 Å². The summed E-state index contributed by atoms with van der Waals surface area (Å²) in [5.41, 5.74) is -2.22. The van der Waals surface area contributed by atoms with E-state index in [1.165, 1.54) is 38.2 Å². The Bertz CT molecular complexity index is 2270. The second-order valence-electron chi connectivity index (χ2n) is 15.0. The molecular formula is C37H40ClF3N10O7. The van der Waals surface area contributed by atoms with Crippen molar-refractivity contribution >= 4 is 46.8 Å². The number of halogens is 4. The van der Waals surface area contributed by atoms with Gasteiger partial charge in [-0.2, -0.15) is 18.3 Å². The number of likely N-dealkylation sites (tertiary alicyclic amines) is 1. The highest BCUT2D eigenvalue weighted by molar-refractivity contribution is 6.34. The summed E-state index contributed by atoms with van der Waals surface area (Å²) in [6, 6.07) is 5.49. The molecule has 308 valence electrons. The van der Waals surface area contributed by atoms with E-state index in [0.717, 1.165) is 27.8 Å². The van der Waals surface area contributed by atoms with Gasteiger partial charge in [-0.25, -0.2) is 19.4 Å². The molecule has 5 heterocycles. The maximum Gasteiger partial charge on any atom is 0.435 e. The number of pyridine rings is 1. The minimum atomic E-state index is -4.92. The number of carbonyl (C=O) groups is 4. The number of nitro groups is 1. The highest BCUT2D eigenvalue weighted by Gasteiger charge is 2.39. The SMILES string of the molecule is Cc1cc(-n2cc(-c3cnc(C(=O)Nc4ccc(C(=O)N5CCN(C(=O)C6CCN(C(=O)OC(C)(C)C)CC6)CC5)c(Cl)c4)n3C)c(C(F)(F)F)n2)ncc1[N+](=O)[O-]. The van der Waals surface area contributed by atoms with Gasteiger partial charge in [-0.3, -0.25) is 24.5 Å². The van der Waals surface area contributed by atoms with Gasteiger partial charge in [-0.1, -0.05) is 11.6 Å². The first-order valence-corrected chi connectivity index (χ1v) is 18.6. The predicted molar refractivity (Wildman–Crippen MR) is 202 cm³/mol. The molecule has 0 atom stereocenters. The molecule has 0 spiro atoms. The van der Waals surface area contributed by atoms with Crippen LogP contribution in [0.3, 0.4) is 0 Å². The molecule has 2 fully saturated rings. The number of aromatic nitrogens is 5. The number of benzene rings is 1. The number of nitrogens with zero attached hydrogens (tertiary/aromatic N) is 9. The molecule has 2 aliphatic heterocycles. The van der Waals surface area contributed by atoms with Crippen LogP contribution in [0, 0.1) is 23.0 Å². The van der Waals surface area contributed by atoms with Crippen molar-refractivity contribution in [2.24, 2.45) is 13.0 Å². The van der Waals surface area contributed by atoms with Crippen molar-refractivity contribution in [1.82, 2.24) is 39.0 Å². The number of piperidine rings is 1. The second kappa shape index (κ2) is 16.1. The largest absolute Gasteiger partial charge is 0.444 e. The normalized spacial score (nSPS) is 15.4. The van der Waals surface area contributed by atoms with E-state index in [1.54, 1.807) is 35.5 Å². The predicted octanol–water partition coefficient (Wildman–Crippen LogP) is 5.74. The molecule has 0 radical (unpaired) electrons. The van der Waals surface area contributed by atoms with Gasteiger partial charge in [0.1, 0.15) is 11.8 Å². The quantitative estimate of drug-likeness (QED) is 0.178. The van der Waals surface area contributed by atoms with Crippen LogP contribution in [-0.4, -0.2) is 113 Å². The van der Waals surface area contributed by atoms with Gasteiger partial charge in [0.05, 0.1) is 33.0 Å². The van der Waals surface area contributed by atoms with Crippen LogP contribution in [0.25, 0.3) is 17.1 Å². The average Bonchev–Trinajstić information content (AvgIpc) is 3.78. The Balaban J connectivity index is 1.07. The number of piperazine rings is 1. The van der Waals surface area contributed by atoms with Gasteiger partial charge in [-0.05, 0) is 64.8 Å². The minimum Gasteiger partial charge on any atom is -0.444 e. The third kappa shape index (κ3) is 8.90. The summed E-state index contributed by atoms with van der Waals surface area (Å²) in [5, 5.41) is 17.5. The van der Waals surface area contributed by atoms with E-state index in [4.69, 9.17) is 16.3 Å². The molecule has 4 aromatic rings. The number of alkyl halides is 3. The second-order valence-corrected chi connectivity index (χ2v) is 15.4. The maximum absolute atomic E-state index is 14.2. The highest BCUT2D eigenvalue weighted by Crippen LogP contribution is 2.37. The Morgan fingerprint density at radius 2 is 1.60 bits per heavy atom. The molecule has 17 nitrogen and oxygen atoms in total. The number of hydrogen-bond acceptors (Lipinski definition) is 10. The standard InChI is InChI=1S/C37H40ClF3N10O7/c1-21-16-29(42-18-27(21)51(56)57)50-20-25(30(45-50)37(39,40)41)28-19-43-31(46(28)5)32(52)44-23-6-7-24(26(38)17-23)34(54)48-14-12-47(13-15-48)33(53)22-8-10-49(11-9-22)35(55)58-36(2,3)4/h6-7,16-20,22H,8-15H2,1-5H3,(H,44,52). The third-order valence-corrected chi connectivity index (χ3v) is 10.1. The minimum absolute atomic E-state index is 0.0145. The number of ether oxygens (including phenoxy) is 1. The van der Waals surface area contributed by atoms with E-state index in [9.17, 15) is 42.5 Å². The maximum atomic E-state index is 14.2. The van der Waals surface area contributed by atoms with Crippen LogP contribution >= 0.6 is 11.6 Å². The van der Waals surface area contributed by atoms with Crippen molar-refractivity contribution in [1.29, 1.82) is 0 Å². The fourth-order valence-corrected chi connectivity index (χ4v) is 7.02. The summed E-state index contributed by atoms with van der Waals surface area (Å²) in [6.07, 6.45) is -1.23. The van der Waals surface area contributed by atoms with Gasteiger partial charge >= 0.3 is 12.3 Å². The number of hydrogen-bond donors (Lipinski definition) is 1. The van der Waals surface area contributed by atoms with Crippen LogP contribution in [0.15, 0.2) is 42.9 Å². The van der Waals surface area contributed by atoms with Gasteiger partial charge in [0.25, 0.3) is 17.5 Å². The van der Waals surface area contributed by atoms with E-state index in [0.29, 0.717) is 39.0 Å². The molecule has 58 heavy (non-hydrogen) atoms. The first kappa shape index (κ1) is 41.6. The van der Waals surface area contributed by atoms with Crippen molar-refractivity contribution in [2.75, 3.05) is 44.6 Å². The zero-order valence-electron chi connectivity index (χ0n) is 32.2. The smallest absolute Gasteiger partial charge is 0.435 e. The summed E-state index contributed by atoms with van der Waals surface area (Å²) in [7, 11) is 1.35. The Kier molecular flexibility index (Phi) is 11.5. The summed E-state index contributed by atoms with van der Waals surface area (Å²) < 4.78 is 49.9. The van der Waals surface area contributed by atoms with Crippen molar-refractivity contribution < 1.29 is 42.0 Å². The fraction of sp³-hybridized carbons (Fsp3) is 0.432. The van der Waals surface area contributed by atoms with Crippen molar-refractivity contribution in [3.05, 3.63) is 80.6 Å². The van der Waals surface area contributed by atoms with E-state index in [2.05, 4.69) is 20.4 Å². The molecule has 2 aliphatic rings. The number of aryl methyl sites for hydroxylation is 1. The molecule has 0 aliphatic carbocycles. The van der Waals surface area contributed by atoms with Gasteiger partial charge < -0.3 is 29.3 Å². The molecule has 6 rings (SSSR count). The number of rotatable bonds is 7. The van der Waals surface area contributed by atoms with Crippen molar-refractivity contribution in [2.45, 2.75) is 52.3 Å². The molecule has 0 unspecified atom stereocenters. The zero-order chi connectivity index (χ0) is 42.3. The Morgan fingerprint density at radius 1 is 0.948 bits per heavy atom. The third-order valence-electron chi connectivity index (χ3n) is 9.78. The first-order chi connectivity index (χ1) is 27.2. The van der Waals surface area contributed by atoms with E-state index in [-0.39, 0.29) is 75.7 Å². The highest BCUT2D eigenvalue weighted by atomic mass is 35.5. The van der Waals surface area contributed by atoms with Gasteiger partial charge in [0.2, 0.25) is 5.91 Å². The molecule has 3 aromatic heterocycles. The lowest BCUT2D eigenvalue weighted by Crippen LogP contribution is -2.53. The number of nitrogens with one attached hydrogen (secondary N) is 1. The Morgan fingerprint density at radius 3 is 2.19 bits per heavy atom. The topological polar surface area (TPSA) is 191 Å². The zero-order valence-corrected chi connectivity index (χ0v) is 32.9. The fourth-order valence-electron chi connectivity index (χ4n) is 6.76. The number of imidazole rings is 1. The lowest BCUT2D eigenvalue weighted by molar-refractivity contribution is -0.385. The first-order valence-electron chi connectivity index (χ1n) is 18.2. The Hall–Kier alpha value is -6.05. The van der Waals surface area contributed by atoms with Crippen LogP contribution < -0.4 is 5.32 Å². The van der Waals surface area contributed by atoms with Crippen LogP contribution in [0.2, 0.25) is 5.02 Å². The summed E-state index contributed by atoms with van der Waals surface area (Å²) >= 11 is 6.51. The number of carbonyl (C=O) groups excluding carboxylic acids is 4. The van der Waals surface area contributed by atoms with Crippen molar-refractivity contribution in [3.8, 4) is 17.1 Å². The average molecular weight is 829 g/mol. The number of anilines is 1. The molecule has 21 heteroatoms. The van der Waals surface area contributed by atoms with E-state index < -0.39 is 40.0 Å². The van der Waals surface area contributed by atoms with Gasteiger partial charge in [0, 0.05) is 69.7 Å². The van der Waals surface area contributed by atoms with E-state index in [1.807, 2.05) is 0 Å². The molecule has 4 amide bonds. The number of amides is 4. The summed E-state index contributed by atoms with van der Waals surface area (Å²) in [6.45, 7) is 8.85. The lowest BCUT2D eigenvalue weighted by Gasteiger charge is -2.38. The summed E-state index contributed by atoms with van der Waals surface area (Å²) in [5.74, 6) is -1.75. The van der Waals surface area contributed by atoms with Crippen LogP contribution in [0.5, 0.6) is 0 Å². The molecule has 2 saturated heterocycles. The summed E-state index contributed by atoms with van der Waals surface area (Å²) in [4.78, 5) is 75.9. The molecule has 0 saturated carbocycles. The van der Waals surface area contributed by atoms with Crippen LogP contribution in [-0.2, 0) is 22.8 Å². The monoisotopic (exact) mass is 828 g/mol. The van der Waals surface area contributed by atoms with E-state index >= 15 is 0 Å². The molecular weight excluding hydrogens is 789 g/mol. The molecule has 0 bridgehead atoms. The Labute approximate surface area is 334 Å². The van der Waals surface area contributed by atoms with Crippen LogP contribution in [0.4, 0.5) is 29.3 Å². The molecule has 1 aromatic carbocycles.